The first-order valence-corrected chi connectivity index (χ1v) is 6.58. The van der Waals surface area contributed by atoms with Crippen molar-refractivity contribution >= 4 is 22.7 Å². The average molecular weight is 317 g/mol. The largest absolute Gasteiger partial charge is 0.467 e. The average Bonchev–Trinajstić information content (AvgIpc) is 2.54. The third-order valence-corrected chi connectivity index (χ3v) is 3.28. The summed E-state index contributed by atoms with van der Waals surface area (Å²) in [6.07, 6.45) is 0. The summed E-state index contributed by atoms with van der Waals surface area (Å²) in [4.78, 5) is 20.5. The van der Waals surface area contributed by atoms with Gasteiger partial charge in [0.15, 0.2) is 6.79 Å². The van der Waals surface area contributed by atoms with Crippen LogP contribution < -0.4 is 10.1 Å². The number of benzene rings is 2. The molecular weight excluding hydrogens is 306 g/mol. The molecule has 1 N–H and O–H groups in total. The third-order valence-electron chi connectivity index (χ3n) is 3.28. The molecule has 0 atom stereocenters. The number of rotatable bonds is 4. The molecule has 2 aromatic carbocycles. The van der Waals surface area contributed by atoms with E-state index in [1.54, 1.807) is 18.2 Å². The van der Waals surface area contributed by atoms with E-state index in [2.05, 4.69) is 5.32 Å². The van der Waals surface area contributed by atoms with Crippen LogP contribution in [0.25, 0.3) is 0 Å². The Kier molecular flexibility index (Phi) is 3.77. The van der Waals surface area contributed by atoms with Crippen molar-refractivity contribution in [2.45, 2.75) is 6.61 Å². The smallest absolute Gasteiger partial charge is 0.299 e. The fraction of sp³-hybridized carbons (Fsp3) is 0.143. The van der Waals surface area contributed by atoms with E-state index in [1.807, 2.05) is 0 Å². The van der Waals surface area contributed by atoms with Crippen molar-refractivity contribution in [2.75, 3.05) is 12.1 Å². The number of nitrogens with zero attached hydrogens (tertiary/aromatic N) is 2. The maximum Gasteiger partial charge on any atom is 0.299 e. The molecule has 0 aliphatic carbocycles. The summed E-state index contributed by atoms with van der Waals surface area (Å²) in [6, 6.07) is 8.63. The van der Waals surface area contributed by atoms with Crippen LogP contribution >= 0.6 is 0 Å². The van der Waals surface area contributed by atoms with Crippen molar-refractivity contribution in [3.8, 4) is 5.75 Å². The van der Waals surface area contributed by atoms with Crippen molar-refractivity contribution in [3.63, 3.8) is 0 Å². The highest BCUT2D eigenvalue weighted by Crippen LogP contribution is 2.33. The normalized spacial score (nSPS) is 12.9. The predicted octanol–water partition coefficient (Wildman–Crippen LogP) is 3.11. The Morgan fingerprint density at radius 1 is 1.04 bits per heavy atom. The topological polar surface area (TPSA) is 117 Å². The molecule has 3 rings (SSSR count). The summed E-state index contributed by atoms with van der Waals surface area (Å²) in [5, 5.41) is 24.8. The van der Waals surface area contributed by atoms with Gasteiger partial charge in [-0.05, 0) is 24.3 Å². The van der Waals surface area contributed by atoms with Crippen LogP contribution in [0.4, 0.5) is 22.7 Å². The number of ether oxygens (including phenoxy) is 2. The first-order valence-electron chi connectivity index (χ1n) is 6.58. The molecule has 0 fully saturated rings. The molecule has 0 unspecified atom stereocenters. The lowest BCUT2D eigenvalue weighted by molar-refractivity contribution is -0.393. The van der Waals surface area contributed by atoms with E-state index < -0.39 is 9.85 Å². The van der Waals surface area contributed by atoms with Gasteiger partial charge < -0.3 is 14.8 Å². The van der Waals surface area contributed by atoms with Gasteiger partial charge in [-0.3, -0.25) is 20.2 Å². The van der Waals surface area contributed by atoms with Crippen LogP contribution in [-0.2, 0) is 11.3 Å². The zero-order chi connectivity index (χ0) is 16.4. The summed E-state index contributed by atoms with van der Waals surface area (Å²) in [6.45, 7) is 0.570. The van der Waals surface area contributed by atoms with Crippen LogP contribution in [0.2, 0.25) is 0 Å². The van der Waals surface area contributed by atoms with Gasteiger partial charge in [0.2, 0.25) is 0 Å². The standard InChI is InChI=1S/C14H11N3O6/c18-16(19)11-2-3-12(13(6-11)17(20)21)15-10-1-4-14-9(5-10)7-22-8-23-14/h1-6,15H,7-8H2. The molecule has 9 heteroatoms. The van der Waals surface area contributed by atoms with Crippen LogP contribution in [-0.4, -0.2) is 16.6 Å². The molecule has 0 spiro atoms. The molecule has 118 valence electrons. The van der Waals surface area contributed by atoms with E-state index in [4.69, 9.17) is 9.47 Å². The molecule has 2 aromatic rings. The van der Waals surface area contributed by atoms with Crippen molar-refractivity contribution in [1.82, 2.24) is 0 Å². The summed E-state index contributed by atoms with van der Waals surface area (Å²) >= 11 is 0. The summed E-state index contributed by atoms with van der Waals surface area (Å²) in [5.41, 5.74) is 0.859. The molecule has 9 nitrogen and oxygen atoms in total. The highest BCUT2D eigenvalue weighted by atomic mass is 16.7. The highest BCUT2D eigenvalue weighted by molar-refractivity contribution is 5.72. The number of nitro benzene ring substituents is 2. The predicted molar refractivity (Wildman–Crippen MR) is 79.8 cm³/mol. The van der Waals surface area contributed by atoms with Crippen molar-refractivity contribution in [2.24, 2.45) is 0 Å². The van der Waals surface area contributed by atoms with E-state index in [0.717, 1.165) is 11.6 Å². The van der Waals surface area contributed by atoms with Gasteiger partial charge in [0, 0.05) is 17.3 Å². The molecule has 0 saturated carbocycles. The van der Waals surface area contributed by atoms with Crippen molar-refractivity contribution in [3.05, 3.63) is 62.2 Å². The summed E-state index contributed by atoms with van der Waals surface area (Å²) in [5.74, 6) is 0.694. The molecule has 1 aliphatic heterocycles. The lowest BCUT2D eigenvalue weighted by atomic mass is 10.1. The SMILES string of the molecule is O=[N+]([O-])c1ccc(Nc2ccc3c(c2)COCO3)c([N+](=O)[O-])c1. The van der Waals surface area contributed by atoms with Gasteiger partial charge in [0.05, 0.1) is 22.5 Å². The Labute approximate surface area is 129 Å². The minimum atomic E-state index is -0.676. The zero-order valence-electron chi connectivity index (χ0n) is 11.7. The fourth-order valence-corrected chi connectivity index (χ4v) is 2.21. The van der Waals surface area contributed by atoms with Crippen LogP contribution in [0.1, 0.15) is 5.56 Å². The molecule has 0 aromatic heterocycles. The van der Waals surface area contributed by atoms with Crippen molar-refractivity contribution < 1.29 is 19.3 Å². The van der Waals surface area contributed by atoms with Gasteiger partial charge in [-0.2, -0.15) is 0 Å². The lowest BCUT2D eigenvalue weighted by Crippen LogP contribution is -2.11. The van der Waals surface area contributed by atoms with Gasteiger partial charge in [-0.15, -0.1) is 0 Å². The number of hydrogen-bond acceptors (Lipinski definition) is 7. The molecule has 0 radical (unpaired) electrons. The number of hydrogen-bond donors (Lipinski definition) is 1. The number of nitro groups is 2. The highest BCUT2D eigenvalue weighted by Gasteiger charge is 2.20. The summed E-state index contributed by atoms with van der Waals surface area (Å²) in [7, 11) is 0. The van der Waals surface area contributed by atoms with Gasteiger partial charge in [0.25, 0.3) is 11.4 Å². The monoisotopic (exact) mass is 317 g/mol. The molecule has 1 heterocycles. The molecular formula is C14H11N3O6. The quantitative estimate of drug-likeness (QED) is 0.680. The number of anilines is 2. The van der Waals surface area contributed by atoms with E-state index in [1.165, 1.54) is 12.1 Å². The molecule has 0 bridgehead atoms. The second-order valence-corrected chi connectivity index (χ2v) is 4.77. The first kappa shape index (κ1) is 14.7. The second kappa shape index (κ2) is 5.89. The van der Waals surface area contributed by atoms with Crippen molar-refractivity contribution in [1.29, 1.82) is 0 Å². The van der Waals surface area contributed by atoms with Gasteiger partial charge in [0.1, 0.15) is 11.4 Å². The lowest BCUT2D eigenvalue weighted by Gasteiger charge is -2.18. The molecule has 1 aliphatic rings. The number of nitrogens with one attached hydrogen (secondary N) is 1. The Hall–Kier alpha value is -3.20. The van der Waals surface area contributed by atoms with Crippen LogP contribution in [0.5, 0.6) is 5.75 Å². The third kappa shape index (κ3) is 3.04. The minimum absolute atomic E-state index is 0.165. The first-order chi connectivity index (χ1) is 11.0. The Balaban J connectivity index is 1.93. The fourth-order valence-electron chi connectivity index (χ4n) is 2.21. The zero-order valence-corrected chi connectivity index (χ0v) is 11.7. The van der Waals surface area contributed by atoms with Gasteiger partial charge in [-0.25, -0.2) is 0 Å². The van der Waals surface area contributed by atoms with E-state index >= 15 is 0 Å². The van der Waals surface area contributed by atoms with Crippen LogP contribution in [0, 0.1) is 20.2 Å². The molecule has 23 heavy (non-hydrogen) atoms. The van der Waals surface area contributed by atoms with Crippen LogP contribution in [0.3, 0.4) is 0 Å². The second-order valence-electron chi connectivity index (χ2n) is 4.77. The number of non-ortho nitro benzene ring substituents is 1. The Morgan fingerprint density at radius 3 is 2.61 bits per heavy atom. The Bertz CT molecular complexity index is 792. The summed E-state index contributed by atoms with van der Waals surface area (Å²) < 4.78 is 10.5. The Morgan fingerprint density at radius 2 is 1.87 bits per heavy atom. The van der Waals surface area contributed by atoms with Crippen LogP contribution in [0.15, 0.2) is 36.4 Å². The van der Waals surface area contributed by atoms with E-state index in [-0.39, 0.29) is 23.9 Å². The van der Waals surface area contributed by atoms with E-state index in [0.29, 0.717) is 18.0 Å². The minimum Gasteiger partial charge on any atom is -0.467 e. The molecule has 0 amide bonds. The maximum atomic E-state index is 11.1. The van der Waals surface area contributed by atoms with E-state index in [9.17, 15) is 20.2 Å². The maximum absolute atomic E-state index is 11.1. The van der Waals surface area contributed by atoms with Gasteiger partial charge >= 0.3 is 0 Å². The number of fused-ring (bicyclic) bond motifs is 1. The van der Waals surface area contributed by atoms with Gasteiger partial charge in [-0.1, -0.05) is 0 Å². The molecule has 0 saturated heterocycles.